The van der Waals surface area contributed by atoms with E-state index in [1.165, 1.54) is 29.1 Å². The molecule has 2 nitrogen and oxygen atoms in total. The van der Waals surface area contributed by atoms with E-state index in [0.717, 1.165) is 24.6 Å². The van der Waals surface area contributed by atoms with Gasteiger partial charge < -0.3 is 5.32 Å². The summed E-state index contributed by atoms with van der Waals surface area (Å²) in [6, 6.07) is 8.47. The average Bonchev–Trinajstić information content (AvgIpc) is 3.02. The van der Waals surface area contributed by atoms with Crippen molar-refractivity contribution in [3.05, 3.63) is 40.2 Å². The lowest BCUT2D eigenvalue weighted by Crippen LogP contribution is -2.10. The van der Waals surface area contributed by atoms with Crippen molar-refractivity contribution in [1.82, 2.24) is 10.3 Å². The molecule has 1 fully saturated rings. The minimum Gasteiger partial charge on any atom is -0.316 e. The monoisotopic (exact) mass is 258 g/mol. The van der Waals surface area contributed by atoms with Crippen molar-refractivity contribution in [3.8, 4) is 11.3 Å². The lowest BCUT2D eigenvalue weighted by Gasteiger charge is -2.04. The molecule has 2 heterocycles. The molecule has 1 atom stereocenters. The van der Waals surface area contributed by atoms with Crippen LogP contribution in [0.2, 0.25) is 0 Å². The van der Waals surface area contributed by atoms with Gasteiger partial charge in [0.1, 0.15) is 0 Å². The van der Waals surface area contributed by atoms with E-state index in [-0.39, 0.29) is 0 Å². The predicted molar refractivity (Wildman–Crippen MR) is 77.0 cm³/mol. The first kappa shape index (κ1) is 11.9. The maximum Gasteiger partial charge on any atom is 0.0935 e. The first-order valence-corrected chi connectivity index (χ1v) is 7.42. The zero-order valence-corrected chi connectivity index (χ0v) is 11.5. The summed E-state index contributed by atoms with van der Waals surface area (Å²) in [6.07, 6.45) is 2.42. The SMILES string of the molecule is Cc1ccccc1-c1csc(CC2CCNC2)n1. The topological polar surface area (TPSA) is 24.9 Å². The normalized spacial score (nSPS) is 19.3. The third-order valence-electron chi connectivity index (χ3n) is 3.60. The Hall–Kier alpha value is -1.19. The van der Waals surface area contributed by atoms with E-state index < -0.39 is 0 Å². The maximum atomic E-state index is 4.80. The van der Waals surface area contributed by atoms with E-state index in [1.807, 2.05) is 0 Å². The number of nitrogens with zero attached hydrogens (tertiary/aromatic N) is 1. The summed E-state index contributed by atoms with van der Waals surface area (Å²) in [6.45, 7) is 4.47. The maximum absolute atomic E-state index is 4.80. The van der Waals surface area contributed by atoms with Crippen LogP contribution in [0.1, 0.15) is 17.0 Å². The Bertz CT molecular complexity index is 527. The van der Waals surface area contributed by atoms with Crippen LogP contribution in [0.15, 0.2) is 29.6 Å². The summed E-state index contributed by atoms with van der Waals surface area (Å²) in [4.78, 5) is 4.80. The Kier molecular flexibility index (Phi) is 3.43. The van der Waals surface area contributed by atoms with Crippen LogP contribution in [0, 0.1) is 12.8 Å². The molecule has 0 bridgehead atoms. The molecule has 1 aliphatic heterocycles. The molecule has 18 heavy (non-hydrogen) atoms. The molecule has 0 radical (unpaired) electrons. The van der Waals surface area contributed by atoms with Gasteiger partial charge in [-0.3, -0.25) is 0 Å². The summed E-state index contributed by atoms with van der Waals surface area (Å²) in [7, 11) is 0. The highest BCUT2D eigenvalue weighted by atomic mass is 32.1. The number of hydrogen-bond acceptors (Lipinski definition) is 3. The summed E-state index contributed by atoms with van der Waals surface area (Å²) in [5.74, 6) is 0.779. The molecule has 1 N–H and O–H groups in total. The zero-order chi connectivity index (χ0) is 12.4. The Labute approximate surface area is 112 Å². The van der Waals surface area contributed by atoms with Crippen molar-refractivity contribution in [2.24, 2.45) is 5.92 Å². The second-order valence-corrected chi connectivity index (χ2v) is 5.95. The predicted octanol–water partition coefficient (Wildman–Crippen LogP) is 3.27. The van der Waals surface area contributed by atoms with Gasteiger partial charge in [-0.25, -0.2) is 4.98 Å². The molecular formula is C15H18N2S. The molecule has 2 aromatic rings. The van der Waals surface area contributed by atoms with E-state index >= 15 is 0 Å². The van der Waals surface area contributed by atoms with Crippen LogP contribution in [-0.4, -0.2) is 18.1 Å². The van der Waals surface area contributed by atoms with Crippen molar-refractivity contribution in [2.45, 2.75) is 19.8 Å². The third-order valence-corrected chi connectivity index (χ3v) is 4.47. The van der Waals surface area contributed by atoms with Gasteiger partial charge in [0.15, 0.2) is 0 Å². The van der Waals surface area contributed by atoms with Gasteiger partial charge in [0.05, 0.1) is 10.7 Å². The van der Waals surface area contributed by atoms with Crippen molar-refractivity contribution in [3.63, 3.8) is 0 Å². The van der Waals surface area contributed by atoms with Crippen LogP contribution >= 0.6 is 11.3 Å². The molecule has 3 heteroatoms. The van der Waals surface area contributed by atoms with Crippen LogP contribution in [0.3, 0.4) is 0 Å². The fourth-order valence-corrected chi connectivity index (χ4v) is 3.43. The van der Waals surface area contributed by atoms with Gasteiger partial charge in [0, 0.05) is 17.4 Å². The number of thiazole rings is 1. The fourth-order valence-electron chi connectivity index (χ4n) is 2.52. The molecule has 1 unspecified atom stereocenters. The van der Waals surface area contributed by atoms with Gasteiger partial charge in [-0.05, 0) is 37.9 Å². The Morgan fingerprint density at radius 2 is 2.28 bits per heavy atom. The number of hydrogen-bond donors (Lipinski definition) is 1. The van der Waals surface area contributed by atoms with Crippen LogP contribution in [-0.2, 0) is 6.42 Å². The molecule has 1 saturated heterocycles. The number of aromatic nitrogens is 1. The standard InChI is InChI=1S/C15H18N2S/c1-11-4-2-3-5-13(11)14-10-18-15(17-14)8-12-6-7-16-9-12/h2-5,10,12,16H,6-9H2,1H3. The third kappa shape index (κ3) is 2.47. The molecule has 3 rings (SSSR count). The number of rotatable bonds is 3. The van der Waals surface area contributed by atoms with Gasteiger partial charge >= 0.3 is 0 Å². The van der Waals surface area contributed by atoms with Gasteiger partial charge in [-0.2, -0.15) is 0 Å². The quantitative estimate of drug-likeness (QED) is 0.914. The molecule has 0 amide bonds. The smallest absolute Gasteiger partial charge is 0.0935 e. The Balaban J connectivity index is 1.79. The van der Waals surface area contributed by atoms with Gasteiger partial charge in [-0.1, -0.05) is 24.3 Å². The lowest BCUT2D eigenvalue weighted by atomic mass is 10.1. The second kappa shape index (κ2) is 5.21. The molecule has 1 aromatic heterocycles. The first-order valence-electron chi connectivity index (χ1n) is 6.54. The summed E-state index contributed by atoms with van der Waals surface area (Å²) < 4.78 is 0. The highest BCUT2D eigenvalue weighted by molar-refractivity contribution is 7.09. The number of benzene rings is 1. The molecule has 0 spiro atoms. The van der Waals surface area contributed by atoms with Crippen molar-refractivity contribution in [2.75, 3.05) is 13.1 Å². The second-order valence-electron chi connectivity index (χ2n) is 5.00. The molecule has 1 aliphatic rings. The summed E-state index contributed by atoms with van der Waals surface area (Å²) >= 11 is 1.80. The molecular weight excluding hydrogens is 240 g/mol. The van der Waals surface area contributed by atoms with Gasteiger partial charge in [0.25, 0.3) is 0 Å². The Morgan fingerprint density at radius 3 is 3.06 bits per heavy atom. The minimum absolute atomic E-state index is 0.779. The van der Waals surface area contributed by atoms with E-state index in [2.05, 4.69) is 41.9 Å². The van der Waals surface area contributed by atoms with Crippen molar-refractivity contribution in [1.29, 1.82) is 0 Å². The van der Waals surface area contributed by atoms with Crippen molar-refractivity contribution >= 4 is 11.3 Å². The highest BCUT2D eigenvalue weighted by Crippen LogP contribution is 2.26. The minimum atomic E-state index is 0.779. The largest absolute Gasteiger partial charge is 0.316 e. The highest BCUT2D eigenvalue weighted by Gasteiger charge is 2.17. The van der Waals surface area contributed by atoms with E-state index in [9.17, 15) is 0 Å². The fraction of sp³-hybridized carbons (Fsp3) is 0.400. The zero-order valence-electron chi connectivity index (χ0n) is 10.6. The number of nitrogens with one attached hydrogen (secondary N) is 1. The van der Waals surface area contributed by atoms with E-state index in [1.54, 1.807) is 11.3 Å². The summed E-state index contributed by atoms with van der Waals surface area (Å²) in [5.41, 5.74) is 3.71. The van der Waals surface area contributed by atoms with Crippen LogP contribution in [0.4, 0.5) is 0 Å². The molecule has 94 valence electrons. The lowest BCUT2D eigenvalue weighted by molar-refractivity contribution is 0.578. The molecule has 0 aliphatic carbocycles. The van der Waals surface area contributed by atoms with E-state index in [0.29, 0.717) is 0 Å². The Morgan fingerprint density at radius 1 is 1.39 bits per heavy atom. The van der Waals surface area contributed by atoms with Crippen LogP contribution in [0.5, 0.6) is 0 Å². The average molecular weight is 258 g/mol. The first-order chi connectivity index (χ1) is 8.83. The molecule has 1 aromatic carbocycles. The summed E-state index contributed by atoms with van der Waals surface area (Å²) in [5, 5.41) is 6.89. The molecule has 0 saturated carbocycles. The number of aryl methyl sites for hydroxylation is 1. The van der Waals surface area contributed by atoms with Gasteiger partial charge in [-0.15, -0.1) is 11.3 Å². The van der Waals surface area contributed by atoms with E-state index in [4.69, 9.17) is 4.98 Å². The van der Waals surface area contributed by atoms with Gasteiger partial charge in [0.2, 0.25) is 0 Å². The van der Waals surface area contributed by atoms with Crippen LogP contribution in [0.25, 0.3) is 11.3 Å². The van der Waals surface area contributed by atoms with Crippen molar-refractivity contribution < 1.29 is 0 Å². The van der Waals surface area contributed by atoms with Crippen LogP contribution < -0.4 is 5.32 Å².